The normalized spacial score (nSPS) is 17.6. The van der Waals surface area contributed by atoms with Crippen LogP contribution in [0.4, 0.5) is 5.95 Å². The summed E-state index contributed by atoms with van der Waals surface area (Å²) in [7, 11) is 0. The van der Waals surface area contributed by atoms with Crippen molar-refractivity contribution < 1.29 is 9.15 Å². The lowest BCUT2D eigenvalue weighted by molar-refractivity contribution is 0.120. The number of nitrogens with zero attached hydrogens (tertiary/aromatic N) is 2. The van der Waals surface area contributed by atoms with Gasteiger partial charge in [-0.1, -0.05) is 0 Å². The van der Waals surface area contributed by atoms with Crippen molar-refractivity contribution in [3.63, 3.8) is 0 Å². The molecule has 1 fully saturated rings. The van der Waals surface area contributed by atoms with Gasteiger partial charge in [0.2, 0.25) is 5.95 Å². The van der Waals surface area contributed by atoms with Crippen molar-refractivity contribution in [3.8, 4) is 17.5 Å². The van der Waals surface area contributed by atoms with E-state index in [0.717, 1.165) is 19.4 Å². The molecule has 0 amide bonds. The van der Waals surface area contributed by atoms with Crippen molar-refractivity contribution in [2.45, 2.75) is 18.9 Å². The minimum atomic E-state index is -0.492. The molecule has 0 saturated carbocycles. The predicted octanol–water partition coefficient (Wildman–Crippen LogP) is 1.49. The highest BCUT2D eigenvalue weighted by Crippen LogP contribution is 2.20. The molecule has 0 bridgehead atoms. The summed E-state index contributed by atoms with van der Waals surface area (Å²) >= 11 is 0. The Kier molecular flexibility index (Phi) is 3.71. The summed E-state index contributed by atoms with van der Waals surface area (Å²) in [5, 5.41) is 12.1. The van der Waals surface area contributed by atoms with Crippen LogP contribution >= 0.6 is 0 Å². The van der Waals surface area contributed by atoms with E-state index < -0.39 is 5.56 Å². The summed E-state index contributed by atoms with van der Waals surface area (Å²) in [6, 6.07) is 5.20. The highest BCUT2D eigenvalue weighted by atomic mass is 16.5. The average Bonchev–Trinajstić information content (AvgIpc) is 3.17. The standard InChI is InChI=1S/C14H14N4O3/c15-7-10-12(11-4-2-6-21-11)17-14(18-13(10)19)16-8-9-3-1-5-20-9/h2,4,6,9H,1,3,5,8H2,(H2,16,17,18,19)/t9-/m1/s1. The zero-order valence-electron chi connectivity index (χ0n) is 11.3. The summed E-state index contributed by atoms with van der Waals surface area (Å²) in [6.07, 6.45) is 3.62. The number of nitriles is 1. The zero-order valence-corrected chi connectivity index (χ0v) is 11.3. The first-order chi connectivity index (χ1) is 10.3. The van der Waals surface area contributed by atoms with Crippen LogP contribution < -0.4 is 10.9 Å². The topological polar surface area (TPSA) is 104 Å². The summed E-state index contributed by atoms with van der Waals surface area (Å²) in [5.74, 6) is 0.693. The number of H-pyrrole nitrogens is 1. The largest absolute Gasteiger partial charge is 0.463 e. The van der Waals surface area contributed by atoms with Gasteiger partial charge in [0, 0.05) is 13.2 Å². The fourth-order valence-corrected chi connectivity index (χ4v) is 2.27. The molecule has 7 heteroatoms. The van der Waals surface area contributed by atoms with Crippen LogP contribution in [0.3, 0.4) is 0 Å². The minimum absolute atomic E-state index is 0.0624. The van der Waals surface area contributed by atoms with Crippen molar-refractivity contribution in [2.75, 3.05) is 18.5 Å². The van der Waals surface area contributed by atoms with Crippen LogP contribution in [0.25, 0.3) is 11.5 Å². The predicted molar refractivity (Wildman–Crippen MR) is 74.7 cm³/mol. The second-order valence-electron chi connectivity index (χ2n) is 4.74. The average molecular weight is 286 g/mol. The smallest absolute Gasteiger partial charge is 0.270 e. The SMILES string of the molecule is N#Cc1c(-c2ccco2)nc(NC[C@H]2CCCO2)[nH]c1=O. The third kappa shape index (κ3) is 2.80. The summed E-state index contributed by atoms with van der Waals surface area (Å²) in [6.45, 7) is 1.33. The van der Waals surface area contributed by atoms with Gasteiger partial charge in [-0.3, -0.25) is 9.78 Å². The summed E-state index contributed by atoms with van der Waals surface area (Å²) < 4.78 is 10.7. The maximum absolute atomic E-state index is 12.0. The van der Waals surface area contributed by atoms with Crippen LogP contribution in [0.15, 0.2) is 27.6 Å². The molecule has 0 aliphatic carbocycles. The lowest BCUT2D eigenvalue weighted by atomic mass is 10.2. The number of rotatable bonds is 4. The van der Waals surface area contributed by atoms with Gasteiger partial charge >= 0.3 is 0 Å². The van der Waals surface area contributed by atoms with E-state index in [4.69, 9.17) is 14.4 Å². The van der Waals surface area contributed by atoms with Crippen LogP contribution in [0.1, 0.15) is 18.4 Å². The van der Waals surface area contributed by atoms with Gasteiger partial charge in [0.1, 0.15) is 17.3 Å². The van der Waals surface area contributed by atoms with Gasteiger partial charge in [-0.25, -0.2) is 4.98 Å². The van der Waals surface area contributed by atoms with Crippen molar-refractivity contribution >= 4 is 5.95 Å². The molecule has 21 heavy (non-hydrogen) atoms. The van der Waals surface area contributed by atoms with E-state index in [-0.39, 0.29) is 17.4 Å². The van der Waals surface area contributed by atoms with Crippen molar-refractivity contribution in [2.24, 2.45) is 0 Å². The van der Waals surface area contributed by atoms with Crippen LogP contribution in [0.2, 0.25) is 0 Å². The maximum Gasteiger partial charge on any atom is 0.270 e. The number of ether oxygens (including phenoxy) is 1. The Hall–Kier alpha value is -2.59. The molecule has 0 unspecified atom stereocenters. The molecular formula is C14H14N4O3. The summed E-state index contributed by atoms with van der Waals surface area (Å²) in [4.78, 5) is 18.8. The van der Waals surface area contributed by atoms with Crippen LogP contribution in [-0.4, -0.2) is 29.2 Å². The van der Waals surface area contributed by atoms with E-state index in [0.29, 0.717) is 18.3 Å². The van der Waals surface area contributed by atoms with Gasteiger partial charge in [0.05, 0.1) is 12.4 Å². The number of hydrogen-bond donors (Lipinski definition) is 2. The molecule has 1 aliphatic heterocycles. The molecule has 2 N–H and O–H groups in total. The first kappa shape index (κ1) is 13.4. The second-order valence-corrected chi connectivity index (χ2v) is 4.74. The molecule has 1 atom stereocenters. The van der Waals surface area contributed by atoms with E-state index in [1.165, 1.54) is 6.26 Å². The van der Waals surface area contributed by atoms with Crippen molar-refractivity contribution in [1.29, 1.82) is 5.26 Å². The van der Waals surface area contributed by atoms with E-state index in [9.17, 15) is 4.79 Å². The van der Waals surface area contributed by atoms with Crippen LogP contribution in [-0.2, 0) is 4.74 Å². The van der Waals surface area contributed by atoms with E-state index in [1.54, 1.807) is 12.1 Å². The third-order valence-electron chi connectivity index (χ3n) is 3.31. The number of aromatic amines is 1. The zero-order chi connectivity index (χ0) is 14.7. The second kappa shape index (κ2) is 5.81. The first-order valence-corrected chi connectivity index (χ1v) is 6.71. The number of aromatic nitrogens is 2. The highest BCUT2D eigenvalue weighted by Gasteiger charge is 2.18. The van der Waals surface area contributed by atoms with E-state index in [2.05, 4.69) is 15.3 Å². The minimum Gasteiger partial charge on any atom is -0.463 e. The molecule has 3 heterocycles. The summed E-state index contributed by atoms with van der Waals surface area (Å²) in [5.41, 5.74) is -0.317. The molecule has 1 saturated heterocycles. The van der Waals surface area contributed by atoms with Gasteiger partial charge < -0.3 is 14.5 Å². The molecular weight excluding hydrogens is 272 g/mol. The molecule has 7 nitrogen and oxygen atoms in total. The van der Waals surface area contributed by atoms with Crippen LogP contribution in [0, 0.1) is 11.3 Å². The quantitative estimate of drug-likeness (QED) is 0.882. The number of anilines is 1. The Morgan fingerprint density at radius 2 is 2.48 bits per heavy atom. The fourth-order valence-electron chi connectivity index (χ4n) is 2.27. The van der Waals surface area contributed by atoms with Gasteiger partial charge in [0.25, 0.3) is 5.56 Å². The monoisotopic (exact) mass is 286 g/mol. The third-order valence-corrected chi connectivity index (χ3v) is 3.31. The molecule has 0 aromatic carbocycles. The number of furan rings is 1. The maximum atomic E-state index is 12.0. The lowest BCUT2D eigenvalue weighted by Gasteiger charge is -2.11. The Morgan fingerprint density at radius 3 is 3.14 bits per heavy atom. The van der Waals surface area contributed by atoms with E-state index >= 15 is 0 Å². The van der Waals surface area contributed by atoms with Gasteiger partial charge in [-0.05, 0) is 25.0 Å². The van der Waals surface area contributed by atoms with Crippen LogP contribution in [0.5, 0.6) is 0 Å². The Labute approximate surface area is 120 Å². The van der Waals surface area contributed by atoms with E-state index in [1.807, 2.05) is 6.07 Å². The van der Waals surface area contributed by atoms with Gasteiger partial charge in [-0.2, -0.15) is 5.26 Å². The fraction of sp³-hybridized carbons (Fsp3) is 0.357. The molecule has 2 aromatic rings. The number of hydrogen-bond acceptors (Lipinski definition) is 6. The molecule has 3 rings (SSSR count). The van der Waals surface area contributed by atoms with Gasteiger partial charge in [-0.15, -0.1) is 0 Å². The molecule has 0 spiro atoms. The molecule has 108 valence electrons. The Balaban J connectivity index is 1.88. The Bertz CT molecular complexity index is 709. The molecule has 0 radical (unpaired) electrons. The van der Waals surface area contributed by atoms with Crippen molar-refractivity contribution in [1.82, 2.24) is 9.97 Å². The van der Waals surface area contributed by atoms with Gasteiger partial charge in [0.15, 0.2) is 5.76 Å². The molecule has 1 aliphatic rings. The lowest BCUT2D eigenvalue weighted by Crippen LogP contribution is -2.23. The highest BCUT2D eigenvalue weighted by molar-refractivity contribution is 5.62. The van der Waals surface area contributed by atoms with Crippen molar-refractivity contribution in [3.05, 3.63) is 34.3 Å². The Morgan fingerprint density at radius 1 is 1.57 bits per heavy atom. The molecule has 2 aromatic heterocycles. The number of nitrogens with one attached hydrogen (secondary N) is 2. The first-order valence-electron chi connectivity index (χ1n) is 6.71.